The molecule has 2 N–H and O–H groups in total. The van der Waals surface area contributed by atoms with E-state index in [1.807, 2.05) is 18.9 Å². The summed E-state index contributed by atoms with van der Waals surface area (Å²) in [5.74, 6) is -0.324. The van der Waals surface area contributed by atoms with Gasteiger partial charge in [0.05, 0.1) is 12.7 Å². The van der Waals surface area contributed by atoms with E-state index < -0.39 is 6.10 Å². The van der Waals surface area contributed by atoms with Crippen LogP contribution in [-0.2, 0) is 0 Å². The van der Waals surface area contributed by atoms with Crippen LogP contribution in [0.2, 0.25) is 0 Å². The molecule has 0 aliphatic carbocycles. The van der Waals surface area contributed by atoms with Crippen LogP contribution in [0, 0.1) is 12.7 Å². The maximum atomic E-state index is 13.5. The van der Waals surface area contributed by atoms with Crippen LogP contribution in [0.1, 0.15) is 31.1 Å². The number of hydrogen-bond acceptors (Lipinski definition) is 3. The van der Waals surface area contributed by atoms with Gasteiger partial charge in [-0.2, -0.15) is 0 Å². The van der Waals surface area contributed by atoms with E-state index in [9.17, 15) is 9.50 Å². The molecule has 17 heavy (non-hydrogen) atoms. The van der Waals surface area contributed by atoms with Crippen LogP contribution in [0.25, 0.3) is 0 Å². The van der Waals surface area contributed by atoms with Gasteiger partial charge in [0.2, 0.25) is 0 Å². The molecule has 96 valence electrons. The third-order valence-corrected chi connectivity index (χ3v) is 3.06. The zero-order valence-electron chi connectivity index (χ0n) is 10.7. The molecule has 3 nitrogen and oxygen atoms in total. The van der Waals surface area contributed by atoms with Crippen molar-refractivity contribution in [3.63, 3.8) is 0 Å². The molecule has 0 spiro atoms. The molecule has 0 fully saturated rings. The summed E-state index contributed by atoms with van der Waals surface area (Å²) in [6, 6.07) is 2.97. The maximum Gasteiger partial charge on any atom is 0.126 e. The number of likely N-dealkylation sites (N-methyl/N-ethyl adjacent to an activating group) is 1. The molecule has 2 atom stereocenters. The van der Waals surface area contributed by atoms with Gasteiger partial charge in [-0.25, -0.2) is 4.39 Å². The summed E-state index contributed by atoms with van der Waals surface area (Å²) in [5.41, 5.74) is 1.82. The van der Waals surface area contributed by atoms with Gasteiger partial charge in [0, 0.05) is 24.3 Å². The van der Waals surface area contributed by atoms with E-state index in [2.05, 4.69) is 0 Å². The average molecular weight is 241 g/mol. The van der Waals surface area contributed by atoms with Crippen molar-refractivity contribution in [3.8, 4) is 0 Å². The van der Waals surface area contributed by atoms with Gasteiger partial charge in [0.1, 0.15) is 5.82 Å². The summed E-state index contributed by atoms with van der Waals surface area (Å²) < 4.78 is 13.5. The van der Waals surface area contributed by atoms with Gasteiger partial charge >= 0.3 is 0 Å². The molecule has 0 aliphatic heterocycles. The Balaban J connectivity index is 3.25. The first-order valence-electron chi connectivity index (χ1n) is 5.70. The summed E-state index contributed by atoms with van der Waals surface area (Å²) in [6.07, 6.45) is -0.742. The number of aliphatic hydroxyl groups excluding tert-OH is 2. The highest BCUT2D eigenvalue weighted by molar-refractivity contribution is 5.56. The minimum atomic E-state index is -0.742. The quantitative estimate of drug-likeness (QED) is 0.847. The fourth-order valence-corrected chi connectivity index (χ4v) is 1.68. The third kappa shape index (κ3) is 2.96. The Morgan fingerprint density at radius 2 is 1.94 bits per heavy atom. The minimum absolute atomic E-state index is 0.00612. The molecule has 0 bridgehead atoms. The number of aliphatic hydroxyl groups is 2. The Morgan fingerprint density at radius 1 is 1.35 bits per heavy atom. The third-order valence-electron chi connectivity index (χ3n) is 3.06. The van der Waals surface area contributed by atoms with Crippen molar-refractivity contribution in [1.82, 2.24) is 0 Å². The molecule has 0 heterocycles. The lowest BCUT2D eigenvalue weighted by atomic mass is 10.0. The molecule has 1 aromatic rings. The minimum Gasteiger partial charge on any atom is -0.394 e. The smallest absolute Gasteiger partial charge is 0.126 e. The Kier molecular flexibility index (Phi) is 4.48. The van der Waals surface area contributed by atoms with Crippen LogP contribution in [0.5, 0.6) is 0 Å². The second-order valence-corrected chi connectivity index (χ2v) is 4.48. The lowest BCUT2D eigenvalue weighted by molar-refractivity contribution is 0.198. The van der Waals surface area contributed by atoms with E-state index in [0.717, 1.165) is 5.69 Å². The van der Waals surface area contributed by atoms with Gasteiger partial charge in [-0.1, -0.05) is 0 Å². The molecule has 0 radical (unpaired) electrons. The van der Waals surface area contributed by atoms with E-state index in [4.69, 9.17) is 5.11 Å². The Hall–Kier alpha value is -1.13. The van der Waals surface area contributed by atoms with E-state index in [1.165, 1.54) is 6.07 Å². The number of hydrogen-bond donors (Lipinski definition) is 2. The number of rotatable bonds is 4. The number of halogens is 1. The van der Waals surface area contributed by atoms with Crippen molar-refractivity contribution in [2.75, 3.05) is 18.6 Å². The number of benzene rings is 1. The molecule has 0 saturated carbocycles. The largest absolute Gasteiger partial charge is 0.394 e. The van der Waals surface area contributed by atoms with E-state index >= 15 is 0 Å². The van der Waals surface area contributed by atoms with Crippen LogP contribution in [0.3, 0.4) is 0 Å². The van der Waals surface area contributed by atoms with Crippen LogP contribution in [0.15, 0.2) is 12.1 Å². The summed E-state index contributed by atoms with van der Waals surface area (Å²) in [6.45, 7) is 5.16. The highest BCUT2D eigenvalue weighted by Gasteiger charge is 2.17. The van der Waals surface area contributed by atoms with E-state index in [1.54, 1.807) is 19.9 Å². The van der Waals surface area contributed by atoms with Gasteiger partial charge in [-0.15, -0.1) is 0 Å². The molecule has 1 aromatic carbocycles. The highest BCUT2D eigenvalue weighted by Crippen LogP contribution is 2.29. The molecule has 0 aliphatic rings. The molecular weight excluding hydrogens is 221 g/mol. The monoisotopic (exact) mass is 241 g/mol. The molecule has 0 aromatic heterocycles. The normalized spacial score (nSPS) is 14.5. The molecule has 1 rings (SSSR count). The van der Waals surface area contributed by atoms with Crippen molar-refractivity contribution in [3.05, 3.63) is 29.1 Å². The SMILES string of the molecule is Cc1cc(N(C)C(C)CO)c([C@H](C)O)cc1F. The highest BCUT2D eigenvalue weighted by atomic mass is 19.1. The Morgan fingerprint density at radius 3 is 2.41 bits per heavy atom. The van der Waals surface area contributed by atoms with Crippen molar-refractivity contribution in [2.24, 2.45) is 0 Å². The average Bonchev–Trinajstić information content (AvgIpc) is 2.29. The van der Waals surface area contributed by atoms with Crippen LogP contribution in [-0.4, -0.2) is 29.9 Å². The lowest BCUT2D eigenvalue weighted by Gasteiger charge is -2.29. The van der Waals surface area contributed by atoms with Crippen LogP contribution < -0.4 is 4.90 Å². The first-order chi connectivity index (χ1) is 7.88. The second-order valence-electron chi connectivity index (χ2n) is 4.48. The predicted octanol–water partition coefficient (Wildman–Crippen LogP) is 2.00. The maximum absolute atomic E-state index is 13.5. The number of anilines is 1. The van der Waals surface area contributed by atoms with Crippen molar-refractivity contribution in [2.45, 2.75) is 32.9 Å². The summed E-state index contributed by atoms with van der Waals surface area (Å²) in [5, 5.41) is 18.8. The molecule has 0 amide bonds. The van der Waals surface area contributed by atoms with E-state index in [0.29, 0.717) is 11.1 Å². The van der Waals surface area contributed by atoms with Gasteiger partial charge in [-0.05, 0) is 38.5 Å². The predicted molar refractivity (Wildman–Crippen MR) is 66.7 cm³/mol. The molecular formula is C13H20FNO2. The first kappa shape index (κ1) is 13.9. The fraction of sp³-hybridized carbons (Fsp3) is 0.538. The Bertz CT molecular complexity index is 393. The summed E-state index contributed by atoms with van der Waals surface area (Å²) in [7, 11) is 1.82. The van der Waals surface area contributed by atoms with Crippen molar-refractivity contribution >= 4 is 5.69 Å². The van der Waals surface area contributed by atoms with Crippen LogP contribution >= 0.6 is 0 Å². The van der Waals surface area contributed by atoms with E-state index in [-0.39, 0.29) is 18.5 Å². The van der Waals surface area contributed by atoms with Gasteiger partial charge in [0.15, 0.2) is 0 Å². The molecule has 0 saturated heterocycles. The van der Waals surface area contributed by atoms with Gasteiger partial charge in [-0.3, -0.25) is 0 Å². The Labute approximate surface area is 101 Å². The molecule has 4 heteroatoms. The van der Waals surface area contributed by atoms with Gasteiger partial charge < -0.3 is 15.1 Å². The van der Waals surface area contributed by atoms with Crippen LogP contribution in [0.4, 0.5) is 10.1 Å². The standard InChI is InChI=1S/C13H20FNO2/c1-8-5-13(15(4)9(2)7-16)11(10(3)17)6-12(8)14/h5-6,9-10,16-17H,7H2,1-4H3/t9?,10-/m0/s1. The summed E-state index contributed by atoms with van der Waals surface area (Å²) in [4.78, 5) is 1.84. The summed E-state index contributed by atoms with van der Waals surface area (Å²) >= 11 is 0. The first-order valence-corrected chi connectivity index (χ1v) is 5.70. The second kappa shape index (κ2) is 5.47. The van der Waals surface area contributed by atoms with Crippen molar-refractivity contribution in [1.29, 1.82) is 0 Å². The lowest BCUT2D eigenvalue weighted by Crippen LogP contribution is -2.32. The topological polar surface area (TPSA) is 43.7 Å². The number of aryl methyl sites for hydroxylation is 1. The zero-order chi connectivity index (χ0) is 13.2. The molecule has 1 unspecified atom stereocenters. The number of nitrogens with zero attached hydrogens (tertiary/aromatic N) is 1. The zero-order valence-corrected chi connectivity index (χ0v) is 10.7. The fourth-order valence-electron chi connectivity index (χ4n) is 1.68. The van der Waals surface area contributed by atoms with Crippen molar-refractivity contribution < 1.29 is 14.6 Å². The van der Waals surface area contributed by atoms with Gasteiger partial charge in [0.25, 0.3) is 0 Å².